The van der Waals surface area contributed by atoms with Gasteiger partial charge in [0.1, 0.15) is 11.6 Å². The summed E-state index contributed by atoms with van der Waals surface area (Å²) in [6.07, 6.45) is 12.6. The first-order chi connectivity index (χ1) is 13.2. The highest BCUT2D eigenvalue weighted by atomic mass is 16.2. The van der Waals surface area contributed by atoms with E-state index in [-0.39, 0.29) is 5.91 Å². The molecule has 0 aliphatic carbocycles. The van der Waals surface area contributed by atoms with E-state index in [0.29, 0.717) is 17.3 Å². The molecule has 3 aromatic rings. The summed E-state index contributed by atoms with van der Waals surface area (Å²) < 4.78 is 2.19. The lowest BCUT2D eigenvalue weighted by atomic mass is 9.95. The molecule has 4 heterocycles. The van der Waals surface area contributed by atoms with Gasteiger partial charge in [0.15, 0.2) is 0 Å². The van der Waals surface area contributed by atoms with Gasteiger partial charge in [-0.2, -0.15) is 0 Å². The van der Waals surface area contributed by atoms with E-state index < -0.39 is 0 Å². The molecule has 0 atom stereocenters. The second kappa shape index (κ2) is 7.65. The molecule has 1 saturated heterocycles. The fraction of sp³-hybridized carbons (Fsp3) is 0.350. The maximum Gasteiger partial charge on any atom is 0.256 e. The zero-order valence-electron chi connectivity index (χ0n) is 15.3. The average Bonchev–Trinajstić information content (AvgIpc) is 3.17. The van der Waals surface area contributed by atoms with Gasteiger partial charge in [-0.3, -0.25) is 9.78 Å². The van der Waals surface area contributed by atoms with Crippen molar-refractivity contribution in [1.82, 2.24) is 29.4 Å². The van der Waals surface area contributed by atoms with E-state index in [1.807, 2.05) is 36.5 Å². The first-order valence-corrected chi connectivity index (χ1v) is 9.18. The summed E-state index contributed by atoms with van der Waals surface area (Å²) in [5.41, 5.74) is 1.71. The molecule has 0 spiro atoms. The number of piperidine rings is 1. The van der Waals surface area contributed by atoms with Gasteiger partial charge in [0, 0.05) is 56.2 Å². The number of rotatable bonds is 4. The monoisotopic (exact) mass is 362 g/mol. The number of nitrogens with zero attached hydrogens (tertiary/aromatic N) is 6. The predicted molar refractivity (Wildman–Crippen MR) is 100 cm³/mol. The number of likely N-dealkylation sites (tertiary alicyclic amines) is 1. The predicted octanol–water partition coefficient (Wildman–Crippen LogP) is 2.44. The van der Waals surface area contributed by atoms with Crippen LogP contribution < -0.4 is 0 Å². The van der Waals surface area contributed by atoms with Crippen molar-refractivity contribution in [3.8, 4) is 0 Å². The van der Waals surface area contributed by atoms with Gasteiger partial charge in [-0.1, -0.05) is 6.07 Å². The van der Waals surface area contributed by atoms with E-state index in [1.165, 1.54) is 0 Å². The first-order valence-electron chi connectivity index (χ1n) is 9.18. The molecule has 1 aliphatic heterocycles. The summed E-state index contributed by atoms with van der Waals surface area (Å²) in [5.74, 6) is 2.12. The third-order valence-corrected chi connectivity index (χ3v) is 5.00. The second-order valence-corrected chi connectivity index (χ2v) is 6.86. The van der Waals surface area contributed by atoms with Gasteiger partial charge < -0.3 is 9.47 Å². The SMILES string of the molecule is Cc1ncc(C(=O)N2CCC(c3nccn3Cc3cccnc3)CC2)cn1. The lowest BCUT2D eigenvalue weighted by molar-refractivity contribution is 0.0709. The molecule has 1 aliphatic rings. The van der Waals surface area contributed by atoms with Crippen LogP contribution in [0.3, 0.4) is 0 Å². The number of hydrogen-bond donors (Lipinski definition) is 0. The van der Waals surface area contributed by atoms with Crippen molar-refractivity contribution >= 4 is 5.91 Å². The lowest BCUT2D eigenvalue weighted by Gasteiger charge is -2.32. The Bertz CT molecular complexity index is 898. The molecule has 0 saturated carbocycles. The van der Waals surface area contributed by atoms with Gasteiger partial charge >= 0.3 is 0 Å². The fourth-order valence-electron chi connectivity index (χ4n) is 3.53. The number of carbonyl (C=O) groups is 1. The molecule has 7 heteroatoms. The molecule has 3 aromatic heterocycles. The molecule has 0 N–H and O–H groups in total. The van der Waals surface area contributed by atoms with Crippen LogP contribution in [0, 0.1) is 6.92 Å². The number of hydrogen-bond acceptors (Lipinski definition) is 5. The summed E-state index contributed by atoms with van der Waals surface area (Å²) in [6.45, 7) is 4.02. The Hall–Kier alpha value is -3.09. The van der Waals surface area contributed by atoms with Crippen molar-refractivity contribution in [3.05, 3.63) is 72.1 Å². The van der Waals surface area contributed by atoms with Crippen LogP contribution in [0.15, 0.2) is 49.3 Å². The van der Waals surface area contributed by atoms with Crippen molar-refractivity contribution in [2.24, 2.45) is 0 Å². The smallest absolute Gasteiger partial charge is 0.256 e. The van der Waals surface area contributed by atoms with Crippen molar-refractivity contribution in [2.45, 2.75) is 32.2 Å². The van der Waals surface area contributed by atoms with Gasteiger partial charge in [0.2, 0.25) is 0 Å². The van der Waals surface area contributed by atoms with Gasteiger partial charge in [-0.25, -0.2) is 15.0 Å². The Balaban J connectivity index is 1.40. The van der Waals surface area contributed by atoms with Gasteiger partial charge in [0.05, 0.1) is 12.1 Å². The van der Waals surface area contributed by atoms with E-state index in [0.717, 1.165) is 43.9 Å². The molecule has 0 aromatic carbocycles. The molecular formula is C20H22N6O. The van der Waals surface area contributed by atoms with E-state index in [4.69, 9.17) is 0 Å². The largest absolute Gasteiger partial charge is 0.339 e. The number of imidazole rings is 1. The molecule has 0 bridgehead atoms. The maximum absolute atomic E-state index is 12.6. The quantitative estimate of drug-likeness (QED) is 0.712. The molecule has 0 unspecified atom stereocenters. The van der Waals surface area contributed by atoms with Crippen LogP contribution >= 0.6 is 0 Å². The third-order valence-electron chi connectivity index (χ3n) is 5.00. The summed E-state index contributed by atoms with van der Waals surface area (Å²) >= 11 is 0. The van der Waals surface area contributed by atoms with Gasteiger partial charge in [-0.15, -0.1) is 0 Å². The minimum Gasteiger partial charge on any atom is -0.339 e. The van der Waals surface area contributed by atoms with Crippen LogP contribution in [0.1, 0.15) is 46.3 Å². The lowest BCUT2D eigenvalue weighted by Crippen LogP contribution is -2.38. The van der Waals surface area contributed by atoms with Crippen molar-refractivity contribution in [2.75, 3.05) is 13.1 Å². The third kappa shape index (κ3) is 3.86. The molecular weight excluding hydrogens is 340 g/mol. The Morgan fingerprint density at radius 3 is 2.59 bits per heavy atom. The molecule has 1 amide bonds. The Morgan fingerprint density at radius 1 is 1.11 bits per heavy atom. The molecule has 1 fully saturated rings. The van der Waals surface area contributed by atoms with Crippen LogP contribution in [0.5, 0.6) is 0 Å². The Morgan fingerprint density at radius 2 is 1.89 bits per heavy atom. The van der Waals surface area contributed by atoms with E-state index in [2.05, 4.69) is 30.6 Å². The minimum atomic E-state index is 0.00662. The van der Waals surface area contributed by atoms with E-state index in [1.54, 1.807) is 18.6 Å². The van der Waals surface area contributed by atoms with Crippen LogP contribution in [0.25, 0.3) is 0 Å². The number of aromatic nitrogens is 5. The van der Waals surface area contributed by atoms with Crippen LogP contribution in [0.2, 0.25) is 0 Å². The van der Waals surface area contributed by atoms with Crippen LogP contribution in [0.4, 0.5) is 0 Å². The molecule has 4 rings (SSSR count). The number of carbonyl (C=O) groups excluding carboxylic acids is 1. The topological polar surface area (TPSA) is 76.8 Å². The average molecular weight is 362 g/mol. The highest BCUT2D eigenvalue weighted by Crippen LogP contribution is 2.28. The normalized spacial score (nSPS) is 15.1. The number of aryl methyl sites for hydroxylation is 1. The van der Waals surface area contributed by atoms with Crippen LogP contribution in [-0.2, 0) is 6.54 Å². The second-order valence-electron chi connectivity index (χ2n) is 6.86. The molecule has 138 valence electrons. The maximum atomic E-state index is 12.6. The molecule has 0 radical (unpaired) electrons. The fourth-order valence-corrected chi connectivity index (χ4v) is 3.53. The Labute approximate surface area is 158 Å². The Kier molecular flexibility index (Phi) is 4.91. The summed E-state index contributed by atoms with van der Waals surface area (Å²) in [5, 5.41) is 0. The summed E-state index contributed by atoms with van der Waals surface area (Å²) in [6, 6.07) is 4.02. The van der Waals surface area contributed by atoms with Crippen LogP contribution in [-0.4, -0.2) is 48.4 Å². The molecule has 7 nitrogen and oxygen atoms in total. The van der Waals surface area contributed by atoms with Crippen molar-refractivity contribution < 1.29 is 4.79 Å². The first kappa shape index (κ1) is 17.3. The number of pyridine rings is 1. The van der Waals surface area contributed by atoms with E-state index in [9.17, 15) is 4.79 Å². The van der Waals surface area contributed by atoms with Gasteiger partial charge in [0.25, 0.3) is 5.91 Å². The highest BCUT2D eigenvalue weighted by molar-refractivity contribution is 5.93. The number of amides is 1. The van der Waals surface area contributed by atoms with Gasteiger partial charge in [-0.05, 0) is 31.4 Å². The zero-order valence-corrected chi connectivity index (χ0v) is 15.3. The van der Waals surface area contributed by atoms with Crippen molar-refractivity contribution in [3.63, 3.8) is 0 Å². The van der Waals surface area contributed by atoms with Crippen molar-refractivity contribution in [1.29, 1.82) is 0 Å². The highest BCUT2D eigenvalue weighted by Gasteiger charge is 2.27. The summed E-state index contributed by atoms with van der Waals surface area (Å²) in [7, 11) is 0. The zero-order chi connectivity index (χ0) is 18.6. The summed E-state index contributed by atoms with van der Waals surface area (Å²) in [4.78, 5) is 31.5. The standard InChI is InChI=1S/C20H22N6O/c1-15-23-12-18(13-24-15)20(27)25-8-4-17(5-9-25)19-22-7-10-26(19)14-16-3-2-6-21-11-16/h2-3,6-7,10-13,17H,4-5,8-9,14H2,1H3. The minimum absolute atomic E-state index is 0.00662. The molecule has 27 heavy (non-hydrogen) atoms. The van der Waals surface area contributed by atoms with E-state index >= 15 is 0 Å².